The Kier molecular flexibility index (Phi) is 5.46. The van der Waals surface area contributed by atoms with Gasteiger partial charge in [0.15, 0.2) is 0 Å². The zero-order chi connectivity index (χ0) is 13.0. The lowest BCUT2D eigenvalue weighted by atomic mass is 10.1. The van der Waals surface area contributed by atoms with Gasteiger partial charge in [0.1, 0.15) is 0 Å². The van der Waals surface area contributed by atoms with Gasteiger partial charge < -0.3 is 15.1 Å². The van der Waals surface area contributed by atoms with E-state index in [4.69, 9.17) is 0 Å². The van der Waals surface area contributed by atoms with E-state index in [-0.39, 0.29) is 0 Å². The van der Waals surface area contributed by atoms with Crippen molar-refractivity contribution in [3.63, 3.8) is 0 Å². The third-order valence-corrected chi connectivity index (χ3v) is 4.62. The van der Waals surface area contributed by atoms with E-state index >= 15 is 0 Å². The van der Waals surface area contributed by atoms with Crippen LogP contribution >= 0.6 is 0 Å². The molecule has 0 saturated carbocycles. The zero-order valence-corrected chi connectivity index (χ0v) is 12.5. The van der Waals surface area contributed by atoms with Gasteiger partial charge >= 0.3 is 0 Å². The highest BCUT2D eigenvalue weighted by Gasteiger charge is 2.28. The first kappa shape index (κ1) is 14.3. The Morgan fingerprint density at radius 3 is 2.56 bits per heavy atom. The number of hydrogen-bond acceptors (Lipinski definition) is 3. The van der Waals surface area contributed by atoms with Crippen LogP contribution in [0.5, 0.6) is 0 Å². The summed E-state index contributed by atoms with van der Waals surface area (Å²) in [6.45, 7) is 15.8. The van der Waals surface area contributed by atoms with E-state index in [1.807, 2.05) is 0 Å². The highest BCUT2D eigenvalue weighted by molar-refractivity contribution is 4.83. The summed E-state index contributed by atoms with van der Waals surface area (Å²) in [6, 6.07) is 0.732. The van der Waals surface area contributed by atoms with Crippen LogP contribution in [0.1, 0.15) is 33.6 Å². The monoisotopic (exact) mass is 253 g/mol. The van der Waals surface area contributed by atoms with Crippen molar-refractivity contribution in [2.24, 2.45) is 11.8 Å². The molecule has 18 heavy (non-hydrogen) atoms. The summed E-state index contributed by atoms with van der Waals surface area (Å²) in [5.74, 6) is 1.82. The predicted molar refractivity (Wildman–Crippen MR) is 77.9 cm³/mol. The van der Waals surface area contributed by atoms with Gasteiger partial charge in [-0.25, -0.2) is 0 Å². The number of rotatable bonds is 6. The second-order valence-electron chi connectivity index (χ2n) is 6.47. The van der Waals surface area contributed by atoms with Crippen LogP contribution in [0, 0.1) is 11.8 Å². The fraction of sp³-hybridized carbons (Fsp3) is 1.00. The molecule has 0 bridgehead atoms. The van der Waals surface area contributed by atoms with E-state index in [9.17, 15) is 0 Å². The molecule has 1 N–H and O–H groups in total. The molecule has 2 atom stereocenters. The summed E-state index contributed by atoms with van der Waals surface area (Å²) < 4.78 is 0. The van der Waals surface area contributed by atoms with Gasteiger partial charge in [0.05, 0.1) is 0 Å². The van der Waals surface area contributed by atoms with Crippen molar-refractivity contribution in [3.8, 4) is 0 Å². The summed E-state index contributed by atoms with van der Waals surface area (Å²) in [4.78, 5) is 5.34. The van der Waals surface area contributed by atoms with Crippen LogP contribution in [-0.4, -0.2) is 61.7 Å². The second-order valence-corrected chi connectivity index (χ2v) is 6.47. The van der Waals surface area contributed by atoms with Crippen molar-refractivity contribution in [3.05, 3.63) is 0 Å². The third-order valence-electron chi connectivity index (χ3n) is 4.62. The van der Waals surface area contributed by atoms with E-state index in [0.717, 1.165) is 24.4 Å². The van der Waals surface area contributed by atoms with Gasteiger partial charge in [-0.05, 0) is 64.7 Å². The van der Waals surface area contributed by atoms with Gasteiger partial charge in [0, 0.05) is 25.7 Å². The fourth-order valence-electron chi connectivity index (χ4n) is 3.44. The molecule has 2 aliphatic heterocycles. The van der Waals surface area contributed by atoms with Crippen molar-refractivity contribution in [1.29, 1.82) is 0 Å². The molecule has 0 radical (unpaired) electrons. The Morgan fingerprint density at radius 2 is 1.89 bits per heavy atom. The first-order valence-corrected chi connectivity index (χ1v) is 7.86. The van der Waals surface area contributed by atoms with Gasteiger partial charge in [0.2, 0.25) is 0 Å². The third kappa shape index (κ3) is 3.94. The Hall–Kier alpha value is -0.120. The van der Waals surface area contributed by atoms with Crippen LogP contribution in [0.2, 0.25) is 0 Å². The lowest BCUT2D eigenvalue weighted by Gasteiger charge is -2.23. The molecule has 2 aliphatic rings. The van der Waals surface area contributed by atoms with Crippen LogP contribution in [0.15, 0.2) is 0 Å². The molecule has 106 valence electrons. The standard InChI is InChI=1S/C15H31N3/c1-4-16-9-14-5-7-17(10-14)11-15-6-8-18(12-15)13(2)3/h13-16H,4-12H2,1-3H3. The Labute approximate surface area is 113 Å². The molecular weight excluding hydrogens is 222 g/mol. The molecule has 2 rings (SSSR count). The molecule has 0 aliphatic carbocycles. The topological polar surface area (TPSA) is 18.5 Å². The van der Waals surface area contributed by atoms with Crippen LogP contribution in [0.25, 0.3) is 0 Å². The number of nitrogens with one attached hydrogen (secondary N) is 1. The van der Waals surface area contributed by atoms with Crippen LogP contribution in [-0.2, 0) is 0 Å². The van der Waals surface area contributed by atoms with Gasteiger partial charge in [0.25, 0.3) is 0 Å². The molecule has 0 amide bonds. The van der Waals surface area contributed by atoms with Gasteiger partial charge in [-0.15, -0.1) is 0 Å². The van der Waals surface area contributed by atoms with Gasteiger partial charge in [-0.3, -0.25) is 0 Å². The summed E-state index contributed by atoms with van der Waals surface area (Å²) in [7, 11) is 0. The van der Waals surface area contributed by atoms with Crippen molar-refractivity contribution < 1.29 is 0 Å². The van der Waals surface area contributed by atoms with E-state index in [1.165, 1.54) is 52.1 Å². The SMILES string of the molecule is CCNCC1CCN(CC2CCN(C(C)C)C2)C1. The molecule has 0 aromatic heterocycles. The van der Waals surface area contributed by atoms with Crippen LogP contribution in [0.3, 0.4) is 0 Å². The van der Waals surface area contributed by atoms with Crippen LogP contribution in [0.4, 0.5) is 0 Å². The first-order chi connectivity index (χ1) is 8.69. The number of nitrogens with zero attached hydrogens (tertiary/aromatic N) is 2. The molecule has 0 aromatic carbocycles. The molecule has 0 spiro atoms. The first-order valence-electron chi connectivity index (χ1n) is 7.86. The lowest BCUT2D eigenvalue weighted by molar-refractivity contribution is 0.235. The quantitative estimate of drug-likeness (QED) is 0.776. The molecule has 2 fully saturated rings. The molecular formula is C15H31N3. The van der Waals surface area contributed by atoms with Gasteiger partial charge in [-0.2, -0.15) is 0 Å². The molecule has 2 heterocycles. The highest BCUT2D eigenvalue weighted by Crippen LogP contribution is 2.23. The molecule has 2 saturated heterocycles. The van der Waals surface area contributed by atoms with Gasteiger partial charge in [-0.1, -0.05) is 6.92 Å². The van der Waals surface area contributed by atoms with E-state index in [1.54, 1.807) is 0 Å². The van der Waals surface area contributed by atoms with E-state index in [2.05, 4.69) is 35.9 Å². The second kappa shape index (κ2) is 6.88. The Morgan fingerprint density at radius 1 is 1.11 bits per heavy atom. The largest absolute Gasteiger partial charge is 0.317 e. The highest BCUT2D eigenvalue weighted by atomic mass is 15.2. The number of hydrogen-bond donors (Lipinski definition) is 1. The average molecular weight is 253 g/mol. The Bertz CT molecular complexity index is 242. The maximum atomic E-state index is 3.49. The summed E-state index contributed by atoms with van der Waals surface area (Å²) in [5, 5.41) is 3.49. The summed E-state index contributed by atoms with van der Waals surface area (Å²) >= 11 is 0. The molecule has 3 heteroatoms. The lowest BCUT2D eigenvalue weighted by Crippen LogP contribution is -2.33. The van der Waals surface area contributed by atoms with E-state index < -0.39 is 0 Å². The predicted octanol–water partition coefficient (Wildman–Crippen LogP) is 1.65. The molecule has 3 nitrogen and oxygen atoms in total. The molecule has 2 unspecified atom stereocenters. The average Bonchev–Trinajstić information content (AvgIpc) is 2.96. The van der Waals surface area contributed by atoms with Crippen molar-refractivity contribution >= 4 is 0 Å². The minimum atomic E-state index is 0.732. The summed E-state index contributed by atoms with van der Waals surface area (Å²) in [6.07, 6.45) is 2.81. The normalized spacial score (nSPS) is 30.7. The molecule has 0 aromatic rings. The van der Waals surface area contributed by atoms with E-state index in [0.29, 0.717) is 0 Å². The zero-order valence-electron chi connectivity index (χ0n) is 12.5. The smallest absolute Gasteiger partial charge is 0.00387 e. The van der Waals surface area contributed by atoms with Crippen molar-refractivity contribution in [1.82, 2.24) is 15.1 Å². The number of likely N-dealkylation sites (tertiary alicyclic amines) is 2. The summed E-state index contributed by atoms with van der Waals surface area (Å²) in [5.41, 5.74) is 0. The van der Waals surface area contributed by atoms with Crippen LogP contribution < -0.4 is 5.32 Å². The Balaban J connectivity index is 1.66. The minimum Gasteiger partial charge on any atom is -0.317 e. The van der Waals surface area contributed by atoms with Crippen molar-refractivity contribution in [2.75, 3.05) is 45.8 Å². The maximum absolute atomic E-state index is 3.49. The fourth-order valence-corrected chi connectivity index (χ4v) is 3.44. The maximum Gasteiger partial charge on any atom is 0.00387 e. The van der Waals surface area contributed by atoms with Crippen molar-refractivity contribution in [2.45, 2.75) is 39.7 Å². The minimum absolute atomic E-state index is 0.732.